The van der Waals surface area contributed by atoms with E-state index in [4.69, 9.17) is 27.9 Å². The molecular formula is C11H7Cl2NO. The first-order valence-electron chi connectivity index (χ1n) is 4.29. The van der Waals surface area contributed by atoms with E-state index in [0.717, 1.165) is 0 Å². The Bertz CT molecular complexity index is 459. The highest BCUT2D eigenvalue weighted by molar-refractivity contribution is 6.42. The zero-order chi connectivity index (χ0) is 10.7. The summed E-state index contributed by atoms with van der Waals surface area (Å²) >= 11 is 11.8. The lowest BCUT2D eigenvalue weighted by atomic mass is 10.3. The minimum absolute atomic E-state index is 0.413. The molecule has 0 saturated carbocycles. The summed E-state index contributed by atoms with van der Waals surface area (Å²) in [5.74, 6) is 1.21. The lowest BCUT2D eigenvalue weighted by Crippen LogP contribution is -1.85. The summed E-state index contributed by atoms with van der Waals surface area (Å²) in [7, 11) is 0. The van der Waals surface area contributed by atoms with Crippen molar-refractivity contribution in [3.05, 3.63) is 52.8 Å². The summed E-state index contributed by atoms with van der Waals surface area (Å²) in [5, 5.41) is 0.888. The van der Waals surface area contributed by atoms with Gasteiger partial charge < -0.3 is 4.74 Å². The van der Waals surface area contributed by atoms with Gasteiger partial charge in [-0.25, -0.2) is 0 Å². The molecule has 2 nitrogen and oxygen atoms in total. The number of rotatable bonds is 2. The van der Waals surface area contributed by atoms with Crippen molar-refractivity contribution in [2.24, 2.45) is 0 Å². The number of benzene rings is 1. The van der Waals surface area contributed by atoms with Crippen molar-refractivity contribution in [2.75, 3.05) is 0 Å². The third-order valence-electron chi connectivity index (χ3n) is 1.79. The Morgan fingerprint density at radius 1 is 1.00 bits per heavy atom. The van der Waals surface area contributed by atoms with Crippen molar-refractivity contribution < 1.29 is 4.74 Å². The van der Waals surface area contributed by atoms with Crippen LogP contribution in [0.25, 0.3) is 0 Å². The molecule has 76 valence electrons. The fraction of sp³-hybridized carbons (Fsp3) is 0. The molecule has 0 saturated heterocycles. The highest BCUT2D eigenvalue weighted by Gasteiger charge is 2.05. The monoisotopic (exact) mass is 239 g/mol. The van der Waals surface area contributed by atoms with Gasteiger partial charge in [0.1, 0.15) is 16.5 Å². The van der Waals surface area contributed by atoms with Crippen LogP contribution in [0.15, 0.2) is 42.7 Å². The third kappa shape index (κ3) is 2.41. The van der Waals surface area contributed by atoms with Crippen LogP contribution in [0.2, 0.25) is 10.0 Å². The van der Waals surface area contributed by atoms with Gasteiger partial charge in [-0.3, -0.25) is 4.98 Å². The zero-order valence-corrected chi connectivity index (χ0v) is 9.16. The fourth-order valence-electron chi connectivity index (χ4n) is 1.10. The minimum Gasteiger partial charge on any atom is -0.456 e. The first-order valence-corrected chi connectivity index (χ1v) is 5.05. The van der Waals surface area contributed by atoms with Crippen molar-refractivity contribution in [3.63, 3.8) is 0 Å². The van der Waals surface area contributed by atoms with Crippen LogP contribution < -0.4 is 4.74 Å². The molecule has 0 unspecified atom stereocenters. The van der Waals surface area contributed by atoms with E-state index in [1.54, 1.807) is 42.7 Å². The predicted octanol–water partition coefficient (Wildman–Crippen LogP) is 4.18. The van der Waals surface area contributed by atoms with Crippen molar-refractivity contribution in [1.82, 2.24) is 4.98 Å². The average molecular weight is 240 g/mol. The van der Waals surface area contributed by atoms with Gasteiger partial charge in [0, 0.05) is 12.4 Å². The van der Waals surface area contributed by atoms with E-state index in [-0.39, 0.29) is 0 Å². The normalized spacial score (nSPS) is 10.0. The number of pyridine rings is 1. The second-order valence-electron chi connectivity index (χ2n) is 2.84. The van der Waals surface area contributed by atoms with Gasteiger partial charge in [0.05, 0.1) is 5.02 Å². The first-order chi connectivity index (χ1) is 7.27. The van der Waals surface area contributed by atoms with Gasteiger partial charge in [0.15, 0.2) is 0 Å². The topological polar surface area (TPSA) is 22.1 Å². The Hall–Kier alpha value is -1.25. The van der Waals surface area contributed by atoms with E-state index in [0.29, 0.717) is 21.5 Å². The summed E-state index contributed by atoms with van der Waals surface area (Å²) in [6, 6.07) is 8.75. The molecule has 0 N–H and O–H groups in total. The molecule has 0 spiro atoms. The summed E-state index contributed by atoms with van der Waals surface area (Å²) in [6.07, 6.45) is 3.29. The maximum absolute atomic E-state index is 5.97. The molecule has 0 bridgehead atoms. The number of hydrogen-bond acceptors (Lipinski definition) is 2. The SMILES string of the molecule is Clc1cccc(Oc2ccncc2)c1Cl. The summed E-state index contributed by atoms with van der Waals surface area (Å²) in [6.45, 7) is 0. The molecule has 1 aromatic heterocycles. The summed E-state index contributed by atoms with van der Waals surface area (Å²) < 4.78 is 5.53. The Morgan fingerprint density at radius 2 is 1.73 bits per heavy atom. The van der Waals surface area contributed by atoms with Crippen LogP contribution in [-0.4, -0.2) is 4.98 Å². The third-order valence-corrected chi connectivity index (χ3v) is 2.60. The Morgan fingerprint density at radius 3 is 2.47 bits per heavy atom. The largest absolute Gasteiger partial charge is 0.456 e. The molecule has 0 atom stereocenters. The zero-order valence-electron chi connectivity index (χ0n) is 7.65. The Labute approximate surface area is 97.4 Å². The fourth-order valence-corrected chi connectivity index (χ4v) is 1.43. The van der Waals surface area contributed by atoms with E-state index < -0.39 is 0 Å². The standard InChI is InChI=1S/C11H7Cl2NO/c12-9-2-1-3-10(11(9)13)15-8-4-6-14-7-5-8/h1-7H. The Balaban J connectivity index is 2.29. The number of aromatic nitrogens is 1. The lowest BCUT2D eigenvalue weighted by Gasteiger charge is -2.07. The van der Waals surface area contributed by atoms with E-state index in [1.807, 2.05) is 0 Å². The summed E-state index contributed by atoms with van der Waals surface area (Å²) in [5.41, 5.74) is 0. The van der Waals surface area contributed by atoms with E-state index in [9.17, 15) is 0 Å². The quantitative estimate of drug-likeness (QED) is 0.785. The highest BCUT2D eigenvalue weighted by Crippen LogP contribution is 2.34. The molecule has 0 aliphatic heterocycles. The van der Waals surface area contributed by atoms with Crippen LogP contribution in [0.1, 0.15) is 0 Å². The van der Waals surface area contributed by atoms with Crippen LogP contribution in [0.4, 0.5) is 0 Å². The number of ether oxygens (including phenoxy) is 1. The number of halogens is 2. The van der Waals surface area contributed by atoms with Gasteiger partial charge in [0.25, 0.3) is 0 Å². The molecule has 1 aromatic carbocycles. The van der Waals surface area contributed by atoms with E-state index >= 15 is 0 Å². The number of nitrogens with zero attached hydrogens (tertiary/aromatic N) is 1. The smallest absolute Gasteiger partial charge is 0.147 e. The maximum atomic E-state index is 5.97. The number of hydrogen-bond donors (Lipinski definition) is 0. The van der Waals surface area contributed by atoms with Crippen LogP contribution in [0, 0.1) is 0 Å². The highest BCUT2D eigenvalue weighted by atomic mass is 35.5. The minimum atomic E-state index is 0.413. The van der Waals surface area contributed by atoms with Gasteiger partial charge in [0.2, 0.25) is 0 Å². The maximum Gasteiger partial charge on any atom is 0.147 e. The van der Waals surface area contributed by atoms with Gasteiger partial charge in [-0.2, -0.15) is 0 Å². The van der Waals surface area contributed by atoms with Crippen LogP contribution >= 0.6 is 23.2 Å². The second-order valence-corrected chi connectivity index (χ2v) is 3.62. The van der Waals surface area contributed by atoms with Crippen LogP contribution in [-0.2, 0) is 0 Å². The molecule has 0 fully saturated rings. The van der Waals surface area contributed by atoms with Crippen molar-refractivity contribution in [2.45, 2.75) is 0 Å². The lowest BCUT2D eigenvalue weighted by molar-refractivity contribution is 0.482. The predicted molar refractivity (Wildman–Crippen MR) is 60.8 cm³/mol. The molecule has 0 aliphatic carbocycles. The van der Waals surface area contributed by atoms with Gasteiger partial charge in [-0.05, 0) is 24.3 Å². The molecule has 15 heavy (non-hydrogen) atoms. The van der Waals surface area contributed by atoms with Crippen LogP contribution in [0.5, 0.6) is 11.5 Å². The Kier molecular flexibility index (Phi) is 3.09. The van der Waals surface area contributed by atoms with Crippen LogP contribution in [0.3, 0.4) is 0 Å². The van der Waals surface area contributed by atoms with Gasteiger partial charge in [-0.15, -0.1) is 0 Å². The molecule has 0 amide bonds. The molecule has 1 heterocycles. The molecular weight excluding hydrogens is 233 g/mol. The average Bonchev–Trinajstić information content (AvgIpc) is 2.26. The molecule has 0 radical (unpaired) electrons. The molecule has 2 rings (SSSR count). The molecule has 4 heteroatoms. The summed E-state index contributed by atoms with van der Waals surface area (Å²) in [4.78, 5) is 3.89. The second kappa shape index (κ2) is 4.51. The molecule has 2 aromatic rings. The molecule has 0 aliphatic rings. The van der Waals surface area contributed by atoms with Gasteiger partial charge >= 0.3 is 0 Å². The first kappa shape index (κ1) is 10.3. The van der Waals surface area contributed by atoms with Crippen molar-refractivity contribution >= 4 is 23.2 Å². The van der Waals surface area contributed by atoms with E-state index in [1.165, 1.54) is 0 Å². The van der Waals surface area contributed by atoms with E-state index in [2.05, 4.69) is 4.98 Å². The van der Waals surface area contributed by atoms with Crippen molar-refractivity contribution in [1.29, 1.82) is 0 Å². The van der Waals surface area contributed by atoms with Gasteiger partial charge in [-0.1, -0.05) is 29.3 Å². The van der Waals surface area contributed by atoms with Crippen molar-refractivity contribution in [3.8, 4) is 11.5 Å².